The molecule has 1 aromatic heterocycles. The van der Waals surface area contributed by atoms with Gasteiger partial charge in [-0.15, -0.1) is 0 Å². The van der Waals surface area contributed by atoms with Crippen LogP contribution in [0.25, 0.3) is 0 Å². The Morgan fingerprint density at radius 3 is 2.69 bits per heavy atom. The largest absolute Gasteiger partial charge is 0.356 e. The molecule has 4 rings (SSSR count). The highest BCUT2D eigenvalue weighted by atomic mass is 19.1. The number of nitrogens with zero attached hydrogens (tertiary/aromatic N) is 4. The van der Waals surface area contributed by atoms with Gasteiger partial charge in [0.25, 0.3) is 5.91 Å². The van der Waals surface area contributed by atoms with Gasteiger partial charge in [0, 0.05) is 37.2 Å². The van der Waals surface area contributed by atoms with Crippen LogP contribution in [0.15, 0.2) is 24.3 Å². The molecule has 0 bridgehead atoms. The lowest BCUT2D eigenvalue weighted by molar-refractivity contribution is 0.0733. The molecule has 3 heterocycles. The number of anilines is 1. The molecule has 5 nitrogen and oxygen atoms in total. The Balaban J connectivity index is 1.64. The van der Waals surface area contributed by atoms with Gasteiger partial charge in [0.2, 0.25) is 0 Å². The molecular weight excluding hydrogens is 331 g/mol. The van der Waals surface area contributed by atoms with E-state index < -0.39 is 0 Å². The second-order valence-electron chi connectivity index (χ2n) is 7.05. The van der Waals surface area contributed by atoms with Crippen LogP contribution in [-0.2, 0) is 13.0 Å². The highest BCUT2D eigenvalue weighted by Crippen LogP contribution is 2.29. The van der Waals surface area contributed by atoms with Gasteiger partial charge in [-0.3, -0.25) is 4.79 Å². The van der Waals surface area contributed by atoms with Gasteiger partial charge >= 0.3 is 0 Å². The Labute approximate surface area is 152 Å². The Bertz CT molecular complexity index is 833. The smallest absolute Gasteiger partial charge is 0.254 e. The van der Waals surface area contributed by atoms with E-state index in [1.165, 1.54) is 31.4 Å². The Morgan fingerprint density at radius 2 is 1.92 bits per heavy atom. The lowest BCUT2D eigenvalue weighted by atomic mass is 10.0. The molecule has 1 amide bonds. The van der Waals surface area contributed by atoms with Crippen LogP contribution in [0, 0.1) is 12.7 Å². The van der Waals surface area contributed by atoms with Crippen molar-refractivity contribution < 1.29 is 9.18 Å². The second-order valence-corrected chi connectivity index (χ2v) is 7.05. The molecule has 1 saturated heterocycles. The van der Waals surface area contributed by atoms with Crippen molar-refractivity contribution in [1.82, 2.24) is 14.9 Å². The molecule has 1 fully saturated rings. The minimum Gasteiger partial charge on any atom is -0.356 e. The quantitative estimate of drug-likeness (QED) is 0.831. The number of piperidine rings is 1. The molecule has 136 valence electrons. The standard InChI is InChI=1S/C20H23FN4O/c1-14-22-18-8-11-25(20(26)15-6-5-7-16(21)12-15)13-17(18)19(23-14)24-9-3-2-4-10-24/h5-7,12H,2-4,8-11,13H2,1H3. The molecule has 0 aliphatic carbocycles. The molecule has 0 unspecified atom stereocenters. The van der Waals surface area contributed by atoms with E-state index in [1.807, 2.05) is 6.92 Å². The highest BCUT2D eigenvalue weighted by molar-refractivity contribution is 5.94. The van der Waals surface area contributed by atoms with Gasteiger partial charge < -0.3 is 9.80 Å². The van der Waals surface area contributed by atoms with Gasteiger partial charge in [-0.25, -0.2) is 14.4 Å². The first-order valence-corrected chi connectivity index (χ1v) is 9.28. The zero-order valence-electron chi connectivity index (χ0n) is 15.0. The minimum absolute atomic E-state index is 0.139. The number of hydrogen-bond acceptors (Lipinski definition) is 4. The van der Waals surface area contributed by atoms with Crippen molar-refractivity contribution in [3.05, 3.63) is 52.7 Å². The van der Waals surface area contributed by atoms with Gasteiger partial charge in [0.15, 0.2) is 0 Å². The second kappa shape index (κ2) is 7.02. The molecule has 0 N–H and O–H groups in total. The number of hydrogen-bond donors (Lipinski definition) is 0. The normalized spacial score (nSPS) is 17.2. The summed E-state index contributed by atoms with van der Waals surface area (Å²) in [7, 11) is 0. The molecule has 0 radical (unpaired) electrons. The van der Waals surface area contributed by atoms with Crippen LogP contribution in [0.4, 0.5) is 10.2 Å². The van der Waals surface area contributed by atoms with Crippen molar-refractivity contribution in [1.29, 1.82) is 0 Å². The number of rotatable bonds is 2. The summed E-state index contributed by atoms with van der Waals surface area (Å²) in [6.07, 6.45) is 4.31. The molecule has 6 heteroatoms. The van der Waals surface area contributed by atoms with Crippen LogP contribution < -0.4 is 4.90 Å². The molecule has 0 saturated carbocycles. The molecule has 2 aromatic rings. The first-order valence-electron chi connectivity index (χ1n) is 9.28. The number of aromatic nitrogens is 2. The van der Waals surface area contributed by atoms with Crippen molar-refractivity contribution in [3.8, 4) is 0 Å². The number of carbonyl (C=O) groups is 1. The van der Waals surface area contributed by atoms with Crippen LogP contribution in [0.2, 0.25) is 0 Å². The zero-order valence-corrected chi connectivity index (χ0v) is 15.0. The summed E-state index contributed by atoms with van der Waals surface area (Å²) in [4.78, 5) is 26.3. The van der Waals surface area contributed by atoms with Gasteiger partial charge in [0.05, 0.1) is 12.2 Å². The van der Waals surface area contributed by atoms with Gasteiger partial charge in [0.1, 0.15) is 17.5 Å². The number of carbonyl (C=O) groups excluding carboxylic acids is 1. The SMILES string of the molecule is Cc1nc2c(c(N3CCCCC3)n1)CN(C(=O)c1cccc(F)c1)CC2. The highest BCUT2D eigenvalue weighted by Gasteiger charge is 2.28. The van der Waals surface area contributed by atoms with Crippen LogP contribution in [0.1, 0.15) is 46.7 Å². The Hall–Kier alpha value is -2.50. The van der Waals surface area contributed by atoms with Crippen molar-refractivity contribution in [2.75, 3.05) is 24.5 Å². The molecule has 2 aliphatic rings. The summed E-state index contributed by atoms with van der Waals surface area (Å²) < 4.78 is 13.5. The number of benzene rings is 1. The van der Waals surface area contributed by atoms with Crippen molar-refractivity contribution in [2.24, 2.45) is 0 Å². The molecule has 0 atom stereocenters. The third-order valence-corrected chi connectivity index (χ3v) is 5.16. The van der Waals surface area contributed by atoms with Crippen LogP contribution in [-0.4, -0.2) is 40.4 Å². The summed E-state index contributed by atoms with van der Waals surface area (Å²) in [6, 6.07) is 5.90. The van der Waals surface area contributed by atoms with Gasteiger partial charge in [-0.1, -0.05) is 6.07 Å². The lowest BCUT2D eigenvalue weighted by Crippen LogP contribution is -2.39. The zero-order chi connectivity index (χ0) is 18.1. The van der Waals surface area contributed by atoms with Crippen molar-refractivity contribution in [2.45, 2.75) is 39.2 Å². The molecule has 2 aliphatic heterocycles. The van der Waals surface area contributed by atoms with E-state index in [-0.39, 0.29) is 11.7 Å². The summed E-state index contributed by atoms with van der Waals surface area (Å²) in [6.45, 7) is 5.01. The summed E-state index contributed by atoms with van der Waals surface area (Å²) >= 11 is 0. The average Bonchev–Trinajstić information content (AvgIpc) is 2.67. The average molecular weight is 354 g/mol. The van der Waals surface area contributed by atoms with E-state index in [1.54, 1.807) is 17.0 Å². The fourth-order valence-corrected chi connectivity index (χ4v) is 3.86. The maximum Gasteiger partial charge on any atom is 0.254 e. The van der Waals surface area contributed by atoms with E-state index in [4.69, 9.17) is 4.98 Å². The van der Waals surface area contributed by atoms with Crippen LogP contribution in [0.5, 0.6) is 0 Å². The lowest BCUT2D eigenvalue weighted by Gasteiger charge is -2.34. The third kappa shape index (κ3) is 3.28. The summed E-state index contributed by atoms with van der Waals surface area (Å²) in [5.74, 6) is 1.24. The van der Waals surface area contributed by atoms with Gasteiger partial charge in [-0.05, 0) is 44.4 Å². The molecule has 0 spiro atoms. The van der Waals surface area contributed by atoms with E-state index in [0.717, 1.165) is 36.0 Å². The first kappa shape index (κ1) is 16.9. The monoisotopic (exact) mass is 354 g/mol. The fraction of sp³-hybridized carbons (Fsp3) is 0.450. The van der Waals surface area contributed by atoms with Crippen molar-refractivity contribution in [3.63, 3.8) is 0 Å². The maximum atomic E-state index is 13.5. The first-order chi connectivity index (χ1) is 12.6. The minimum atomic E-state index is -0.388. The third-order valence-electron chi connectivity index (χ3n) is 5.16. The van der Waals surface area contributed by atoms with E-state index in [2.05, 4.69) is 9.88 Å². The van der Waals surface area contributed by atoms with Crippen molar-refractivity contribution >= 4 is 11.7 Å². The topological polar surface area (TPSA) is 49.3 Å². The predicted octanol–water partition coefficient (Wildman–Crippen LogP) is 3.11. The van der Waals surface area contributed by atoms with E-state index >= 15 is 0 Å². The maximum absolute atomic E-state index is 13.5. The molecular formula is C20H23FN4O. The van der Waals surface area contributed by atoms with E-state index in [0.29, 0.717) is 25.1 Å². The summed E-state index contributed by atoms with van der Waals surface area (Å²) in [5.41, 5.74) is 2.48. The molecule has 1 aromatic carbocycles. The number of amides is 1. The summed E-state index contributed by atoms with van der Waals surface area (Å²) in [5, 5.41) is 0. The van der Waals surface area contributed by atoms with E-state index in [9.17, 15) is 9.18 Å². The van der Waals surface area contributed by atoms with Crippen LogP contribution >= 0.6 is 0 Å². The molecule has 26 heavy (non-hydrogen) atoms. The predicted molar refractivity (Wildman–Crippen MR) is 97.7 cm³/mol. The fourth-order valence-electron chi connectivity index (χ4n) is 3.86. The van der Waals surface area contributed by atoms with Crippen LogP contribution in [0.3, 0.4) is 0 Å². The number of fused-ring (bicyclic) bond motifs is 1. The Morgan fingerprint density at radius 1 is 1.12 bits per heavy atom. The Kier molecular flexibility index (Phi) is 4.57. The number of aryl methyl sites for hydroxylation is 1. The number of halogens is 1. The van der Waals surface area contributed by atoms with Gasteiger partial charge in [-0.2, -0.15) is 0 Å².